The molecule has 90 valence electrons. The summed E-state index contributed by atoms with van der Waals surface area (Å²) >= 11 is 0. The van der Waals surface area contributed by atoms with Crippen molar-refractivity contribution in [1.29, 1.82) is 0 Å². The molecule has 5 heteroatoms. The summed E-state index contributed by atoms with van der Waals surface area (Å²) in [5, 5.41) is 5.91. The molecule has 0 unspecified atom stereocenters. The van der Waals surface area contributed by atoms with Crippen LogP contribution in [0, 0.1) is 0 Å². The highest BCUT2D eigenvalue weighted by Gasteiger charge is 2.06. The van der Waals surface area contributed by atoms with Crippen LogP contribution in [0.25, 0.3) is 11.0 Å². The Labute approximate surface area is 99.6 Å². The Balaban J connectivity index is 1.98. The topological polar surface area (TPSA) is 69.8 Å². The molecule has 1 aromatic heterocycles. The van der Waals surface area contributed by atoms with Gasteiger partial charge in [-0.25, -0.2) is 4.98 Å². The first-order valence-corrected chi connectivity index (χ1v) is 5.67. The maximum atomic E-state index is 11.8. The van der Waals surface area contributed by atoms with Gasteiger partial charge in [0.2, 0.25) is 0 Å². The lowest BCUT2D eigenvalue weighted by Gasteiger charge is -2.04. The third kappa shape index (κ3) is 2.82. The molecule has 0 saturated heterocycles. The number of carbonyl (C=O) groups is 1. The van der Waals surface area contributed by atoms with Crippen LogP contribution in [0.15, 0.2) is 24.5 Å². The fraction of sp³-hybridized carbons (Fsp3) is 0.333. The van der Waals surface area contributed by atoms with Crippen molar-refractivity contribution in [2.24, 2.45) is 0 Å². The van der Waals surface area contributed by atoms with Crippen molar-refractivity contribution in [1.82, 2.24) is 20.6 Å². The van der Waals surface area contributed by atoms with E-state index in [2.05, 4.69) is 20.6 Å². The molecule has 0 fully saturated rings. The number of hydrogen-bond donors (Lipinski definition) is 3. The second-order valence-corrected chi connectivity index (χ2v) is 3.85. The number of benzene rings is 1. The first-order chi connectivity index (χ1) is 8.31. The highest BCUT2D eigenvalue weighted by atomic mass is 16.1. The highest BCUT2D eigenvalue weighted by Crippen LogP contribution is 2.11. The van der Waals surface area contributed by atoms with Gasteiger partial charge in [0.25, 0.3) is 5.91 Å². The zero-order valence-corrected chi connectivity index (χ0v) is 9.79. The first-order valence-electron chi connectivity index (χ1n) is 5.67. The molecule has 0 aliphatic rings. The third-order valence-corrected chi connectivity index (χ3v) is 2.57. The number of fused-ring (bicyclic) bond motifs is 1. The molecule has 2 rings (SSSR count). The predicted molar refractivity (Wildman–Crippen MR) is 67.0 cm³/mol. The minimum absolute atomic E-state index is 0.0439. The number of amides is 1. The van der Waals surface area contributed by atoms with Crippen LogP contribution in [-0.2, 0) is 0 Å². The van der Waals surface area contributed by atoms with E-state index in [9.17, 15) is 4.79 Å². The zero-order chi connectivity index (χ0) is 12.1. The third-order valence-electron chi connectivity index (χ3n) is 2.57. The van der Waals surface area contributed by atoms with Crippen molar-refractivity contribution in [3.05, 3.63) is 30.1 Å². The van der Waals surface area contributed by atoms with E-state index in [1.165, 1.54) is 0 Å². The molecular weight excluding hydrogens is 216 g/mol. The molecule has 3 N–H and O–H groups in total. The van der Waals surface area contributed by atoms with Gasteiger partial charge in [0.1, 0.15) is 0 Å². The van der Waals surface area contributed by atoms with Gasteiger partial charge in [0.05, 0.1) is 17.4 Å². The Morgan fingerprint density at radius 2 is 2.29 bits per heavy atom. The maximum Gasteiger partial charge on any atom is 0.251 e. The molecule has 2 aromatic rings. The molecule has 0 radical (unpaired) electrons. The van der Waals surface area contributed by atoms with E-state index >= 15 is 0 Å². The number of hydrogen-bond acceptors (Lipinski definition) is 3. The summed E-state index contributed by atoms with van der Waals surface area (Å²) in [6, 6.07) is 5.45. The van der Waals surface area contributed by atoms with Crippen LogP contribution in [0.4, 0.5) is 0 Å². The lowest BCUT2D eigenvalue weighted by Crippen LogP contribution is -2.26. The number of H-pyrrole nitrogens is 1. The minimum atomic E-state index is -0.0439. The van der Waals surface area contributed by atoms with Crippen molar-refractivity contribution in [3.8, 4) is 0 Å². The molecule has 17 heavy (non-hydrogen) atoms. The van der Waals surface area contributed by atoms with Crippen LogP contribution < -0.4 is 10.6 Å². The van der Waals surface area contributed by atoms with Crippen LogP contribution in [0.3, 0.4) is 0 Å². The van der Waals surface area contributed by atoms with Crippen molar-refractivity contribution >= 4 is 16.9 Å². The number of nitrogens with zero attached hydrogens (tertiary/aromatic N) is 1. The molecule has 0 saturated carbocycles. The largest absolute Gasteiger partial charge is 0.352 e. The van der Waals surface area contributed by atoms with Gasteiger partial charge in [-0.3, -0.25) is 4.79 Å². The van der Waals surface area contributed by atoms with Crippen LogP contribution in [0.1, 0.15) is 16.8 Å². The van der Waals surface area contributed by atoms with E-state index in [-0.39, 0.29) is 5.91 Å². The van der Waals surface area contributed by atoms with E-state index < -0.39 is 0 Å². The second-order valence-electron chi connectivity index (χ2n) is 3.85. The summed E-state index contributed by atoms with van der Waals surface area (Å²) < 4.78 is 0. The molecule has 0 bridgehead atoms. The Morgan fingerprint density at radius 1 is 1.41 bits per heavy atom. The second kappa shape index (κ2) is 5.45. The standard InChI is InChI=1S/C12H16N4O/c1-13-5-2-6-14-12(17)9-3-4-10-11(7-9)16-8-15-10/h3-4,7-8,13H,2,5-6H2,1H3,(H,14,17)(H,15,16). The van der Waals surface area contributed by atoms with Crippen molar-refractivity contribution in [3.63, 3.8) is 0 Å². The highest BCUT2D eigenvalue weighted by molar-refractivity contribution is 5.97. The number of aromatic nitrogens is 2. The van der Waals surface area contributed by atoms with Crippen LogP contribution in [-0.4, -0.2) is 36.0 Å². The number of carbonyl (C=O) groups excluding carboxylic acids is 1. The number of aromatic amines is 1. The van der Waals surface area contributed by atoms with Crippen molar-refractivity contribution in [2.45, 2.75) is 6.42 Å². The number of rotatable bonds is 5. The lowest BCUT2D eigenvalue weighted by molar-refractivity contribution is 0.0953. The Hall–Kier alpha value is -1.88. The molecule has 1 aromatic carbocycles. The van der Waals surface area contributed by atoms with Gasteiger partial charge in [0.15, 0.2) is 0 Å². The van der Waals surface area contributed by atoms with Gasteiger partial charge in [0, 0.05) is 12.1 Å². The Bertz CT molecular complexity index is 506. The summed E-state index contributed by atoms with van der Waals surface area (Å²) in [7, 11) is 1.90. The van der Waals surface area contributed by atoms with Gasteiger partial charge < -0.3 is 15.6 Å². The minimum Gasteiger partial charge on any atom is -0.352 e. The van der Waals surface area contributed by atoms with E-state index in [1.807, 2.05) is 19.2 Å². The quantitative estimate of drug-likeness (QED) is 0.671. The number of nitrogens with one attached hydrogen (secondary N) is 3. The maximum absolute atomic E-state index is 11.8. The van der Waals surface area contributed by atoms with E-state index in [1.54, 1.807) is 12.4 Å². The summed E-state index contributed by atoms with van der Waals surface area (Å²) in [5.41, 5.74) is 2.41. The smallest absolute Gasteiger partial charge is 0.251 e. The zero-order valence-electron chi connectivity index (χ0n) is 9.79. The predicted octanol–water partition coefficient (Wildman–Crippen LogP) is 0.902. The average Bonchev–Trinajstić information content (AvgIpc) is 2.81. The molecule has 1 heterocycles. The van der Waals surface area contributed by atoms with Gasteiger partial charge in [-0.05, 0) is 38.2 Å². The Kier molecular flexibility index (Phi) is 3.72. The fourth-order valence-electron chi connectivity index (χ4n) is 1.65. The lowest BCUT2D eigenvalue weighted by atomic mass is 10.2. The SMILES string of the molecule is CNCCCNC(=O)c1ccc2nc[nH]c2c1. The van der Waals surface area contributed by atoms with Crippen LogP contribution >= 0.6 is 0 Å². The molecular formula is C12H16N4O. The van der Waals surface area contributed by atoms with Gasteiger partial charge in [-0.1, -0.05) is 0 Å². The summed E-state index contributed by atoms with van der Waals surface area (Å²) in [5.74, 6) is -0.0439. The number of imidazole rings is 1. The van der Waals surface area contributed by atoms with E-state index in [0.29, 0.717) is 12.1 Å². The van der Waals surface area contributed by atoms with E-state index in [0.717, 1.165) is 24.0 Å². The summed E-state index contributed by atoms with van der Waals surface area (Å²) in [6.07, 6.45) is 2.55. The van der Waals surface area contributed by atoms with Gasteiger partial charge in [-0.2, -0.15) is 0 Å². The molecule has 0 aliphatic carbocycles. The van der Waals surface area contributed by atoms with Crippen molar-refractivity contribution < 1.29 is 4.79 Å². The molecule has 5 nitrogen and oxygen atoms in total. The summed E-state index contributed by atoms with van der Waals surface area (Å²) in [4.78, 5) is 18.9. The molecule has 1 amide bonds. The van der Waals surface area contributed by atoms with Crippen LogP contribution in [0.5, 0.6) is 0 Å². The van der Waals surface area contributed by atoms with Crippen LogP contribution in [0.2, 0.25) is 0 Å². The van der Waals surface area contributed by atoms with Gasteiger partial charge in [-0.15, -0.1) is 0 Å². The fourth-order valence-corrected chi connectivity index (χ4v) is 1.65. The van der Waals surface area contributed by atoms with Gasteiger partial charge >= 0.3 is 0 Å². The monoisotopic (exact) mass is 232 g/mol. The van der Waals surface area contributed by atoms with E-state index in [4.69, 9.17) is 0 Å². The Morgan fingerprint density at radius 3 is 3.12 bits per heavy atom. The normalized spacial score (nSPS) is 10.6. The molecule has 0 atom stereocenters. The summed E-state index contributed by atoms with van der Waals surface area (Å²) in [6.45, 7) is 1.58. The molecule has 0 aliphatic heterocycles. The van der Waals surface area contributed by atoms with Crippen molar-refractivity contribution in [2.75, 3.05) is 20.1 Å². The first kappa shape index (κ1) is 11.6. The molecule has 0 spiro atoms. The average molecular weight is 232 g/mol.